The van der Waals surface area contributed by atoms with Crippen LogP contribution in [0.15, 0.2) is 29.2 Å². The van der Waals surface area contributed by atoms with Gasteiger partial charge in [-0.05, 0) is 43.0 Å². The van der Waals surface area contributed by atoms with Crippen molar-refractivity contribution >= 4 is 10.0 Å². The van der Waals surface area contributed by atoms with E-state index in [1.54, 1.807) is 28.6 Å². The van der Waals surface area contributed by atoms with Crippen molar-refractivity contribution in [1.82, 2.24) is 4.31 Å². The summed E-state index contributed by atoms with van der Waals surface area (Å²) < 4.78 is 32.5. The zero-order valence-electron chi connectivity index (χ0n) is 12.7. The molecule has 0 spiro atoms. The topological polar surface area (TPSA) is 72.6 Å². The Bertz CT molecular complexity index is 551. The van der Waals surface area contributed by atoms with Crippen LogP contribution in [0.1, 0.15) is 26.7 Å². The molecule has 5 nitrogen and oxygen atoms in total. The summed E-state index contributed by atoms with van der Waals surface area (Å²) in [6, 6.07) is 6.75. The Morgan fingerprint density at radius 3 is 2.38 bits per heavy atom. The lowest BCUT2D eigenvalue weighted by Gasteiger charge is -2.23. The third-order valence-electron chi connectivity index (χ3n) is 3.32. The lowest BCUT2D eigenvalue weighted by molar-refractivity contribution is 0.328. The molecule has 0 bridgehead atoms. The Hall–Kier alpha value is -1.11. The zero-order valence-corrected chi connectivity index (χ0v) is 13.5. The van der Waals surface area contributed by atoms with Crippen LogP contribution in [0.2, 0.25) is 0 Å². The van der Waals surface area contributed by atoms with Gasteiger partial charge in [0.2, 0.25) is 10.0 Å². The van der Waals surface area contributed by atoms with Crippen molar-refractivity contribution in [2.24, 2.45) is 11.7 Å². The van der Waals surface area contributed by atoms with E-state index < -0.39 is 10.0 Å². The van der Waals surface area contributed by atoms with Crippen LogP contribution >= 0.6 is 0 Å². The molecule has 1 fully saturated rings. The van der Waals surface area contributed by atoms with E-state index in [0.717, 1.165) is 12.8 Å². The molecule has 0 saturated heterocycles. The SMILES string of the molecule is CC(C)CN(C1CC1)S(=O)(=O)c1ccc(OCCN)cc1. The van der Waals surface area contributed by atoms with Crippen molar-refractivity contribution in [3.8, 4) is 5.75 Å². The first kappa shape index (κ1) is 16.3. The highest BCUT2D eigenvalue weighted by molar-refractivity contribution is 7.89. The summed E-state index contributed by atoms with van der Waals surface area (Å²) in [6.45, 7) is 5.50. The molecule has 6 heteroatoms. The van der Waals surface area contributed by atoms with Crippen molar-refractivity contribution in [1.29, 1.82) is 0 Å². The van der Waals surface area contributed by atoms with Gasteiger partial charge < -0.3 is 10.5 Å². The first-order valence-corrected chi connectivity index (χ1v) is 8.84. The van der Waals surface area contributed by atoms with Crippen molar-refractivity contribution < 1.29 is 13.2 Å². The lowest BCUT2D eigenvalue weighted by Crippen LogP contribution is -2.36. The normalized spacial score (nSPS) is 15.7. The Morgan fingerprint density at radius 1 is 1.29 bits per heavy atom. The molecule has 0 atom stereocenters. The van der Waals surface area contributed by atoms with E-state index in [-0.39, 0.29) is 6.04 Å². The van der Waals surface area contributed by atoms with Crippen LogP contribution in [-0.4, -0.2) is 38.5 Å². The summed E-state index contributed by atoms with van der Waals surface area (Å²) in [7, 11) is -3.42. The number of rotatable bonds is 8. The average molecular weight is 312 g/mol. The van der Waals surface area contributed by atoms with Crippen molar-refractivity contribution in [2.75, 3.05) is 19.7 Å². The predicted molar refractivity (Wildman–Crippen MR) is 82.7 cm³/mol. The number of hydrogen-bond donors (Lipinski definition) is 1. The molecule has 1 aromatic carbocycles. The predicted octanol–water partition coefficient (Wildman–Crippen LogP) is 1.83. The number of sulfonamides is 1. The van der Waals surface area contributed by atoms with Gasteiger partial charge in [0.25, 0.3) is 0 Å². The second-order valence-corrected chi connectivity index (χ2v) is 7.70. The molecule has 21 heavy (non-hydrogen) atoms. The van der Waals surface area contributed by atoms with Crippen LogP contribution in [0.4, 0.5) is 0 Å². The molecule has 1 aliphatic rings. The van der Waals surface area contributed by atoms with Crippen LogP contribution in [0.5, 0.6) is 5.75 Å². The van der Waals surface area contributed by atoms with Crippen molar-refractivity contribution in [2.45, 2.75) is 37.6 Å². The second kappa shape index (κ2) is 6.77. The highest BCUT2D eigenvalue weighted by atomic mass is 32.2. The van der Waals surface area contributed by atoms with Gasteiger partial charge >= 0.3 is 0 Å². The number of ether oxygens (including phenoxy) is 1. The van der Waals surface area contributed by atoms with Crippen LogP contribution < -0.4 is 10.5 Å². The fraction of sp³-hybridized carbons (Fsp3) is 0.600. The summed E-state index contributed by atoms with van der Waals surface area (Å²) in [5.74, 6) is 0.953. The first-order valence-electron chi connectivity index (χ1n) is 7.40. The maximum Gasteiger partial charge on any atom is 0.243 e. The lowest BCUT2D eigenvalue weighted by atomic mass is 10.2. The molecular weight excluding hydrogens is 288 g/mol. The van der Waals surface area contributed by atoms with E-state index in [0.29, 0.717) is 36.3 Å². The summed E-state index contributed by atoms with van der Waals surface area (Å²) in [5, 5.41) is 0. The fourth-order valence-corrected chi connectivity index (χ4v) is 4.03. The molecule has 0 radical (unpaired) electrons. The molecule has 0 amide bonds. The fourth-order valence-electron chi connectivity index (χ4n) is 2.19. The van der Waals surface area contributed by atoms with E-state index in [9.17, 15) is 8.42 Å². The third kappa shape index (κ3) is 4.18. The maximum absolute atomic E-state index is 12.7. The smallest absolute Gasteiger partial charge is 0.243 e. The molecule has 0 aliphatic heterocycles. The summed E-state index contributed by atoms with van der Waals surface area (Å²) >= 11 is 0. The summed E-state index contributed by atoms with van der Waals surface area (Å²) in [5.41, 5.74) is 5.37. The molecule has 0 aromatic heterocycles. The van der Waals surface area contributed by atoms with Gasteiger partial charge in [-0.2, -0.15) is 4.31 Å². The number of nitrogens with two attached hydrogens (primary N) is 1. The van der Waals surface area contributed by atoms with Gasteiger partial charge in [-0.3, -0.25) is 0 Å². The maximum atomic E-state index is 12.7. The van der Waals surface area contributed by atoms with E-state index in [4.69, 9.17) is 10.5 Å². The third-order valence-corrected chi connectivity index (χ3v) is 5.25. The van der Waals surface area contributed by atoms with Gasteiger partial charge in [-0.1, -0.05) is 13.8 Å². The van der Waals surface area contributed by atoms with Gasteiger partial charge in [0.1, 0.15) is 12.4 Å². The second-order valence-electron chi connectivity index (χ2n) is 5.81. The Labute approximate surface area is 127 Å². The largest absolute Gasteiger partial charge is 0.492 e. The zero-order chi connectivity index (χ0) is 15.5. The molecule has 2 rings (SSSR count). The molecule has 1 aliphatic carbocycles. The molecular formula is C15H24N2O3S. The van der Waals surface area contributed by atoms with Crippen LogP contribution in [0.3, 0.4) is 0 Å². The molecule has 2 N–H and O–H groups in total. The standard InChI is InChI=1S/C15H24N2O3S/c1-12(2)11-17(13-3-4-13)21(18,19)15-7-5-14(6-8-15)20-10-9-16/h5-8,12-13H,3-4,9-11,16H2,1-2H3. The van der Waals surface area contributed by atoms with E-state index in [2.05, 4.69) is 0 Å². The number of benzene rings is 1. The monoisotopic (exact) mass is 312 g/mol. The minimum Gasteiger partial charge on any atom is -0.492 e. The summed E-state index contributed by atoms with van der Waals surface area (Å²) in [6.07, 6.45) is 1.92. The van der Waals surface area contributed by atoms with Gasteiger partial charge in [0.15, 0.2) is 0 Å². The summed E-state index contributed by atoms with van der Waals surface area (Å²) in [4.78, 5) is 0.329. The van der Waals surface area contributed by atoms with Crippen molar-refractivity contribution in [3.05, 3.63) is 24.3 Å². The Balaban J connectivity index is 2.17. The molecule has 1 saturated carbocycles. The van der Waals surface area contributed by atoms with Crippen molar-refractivity contribution in [3.63, 3.8) is 0 Å². The van der Waals surface area contributed by atoms with Gasteiger partial charge in [0.05, 0.1) is 4.90 Å². The minimum absolute atomic E-state index is 0.172. The van der Waals surface area contributed by atoms with E-state index in [1.165, 1.54) is 0 Å². The molecule has 0 heterocycles. The van der Waals surface area contributed by atoms with Crippen LogP contribution in [0, 0.1) is 5.92 Å². The van der Waals surface area contributed by atoms with Gasteiger partial charge in [-0.25, -0.2) is 8.42 Å². The molecule has 118 valence electrons. The molecule has 0 unspecified atom stereocenters. The average Bonchev–Trinajstić information content (AvgIpc) is 3.27. The Kier molecular flexibility index (Phi) is 5.24. The quantitative estimate of drug-likeness (QED) is 0.795. The highest BCUT2D eigenvalue weighted by Gasteiger charge is 2.38. The van der Waals surface area contributed by atoms with Gasteiger partial charge in [0, 0.05) is 19.1 Å². The number of hydrogen-bond acceptors (Lipinski definition) is 4. The highest BCUT2D eigenvalue weighted by Crippen LogP contribution is 2.33. The first-order chi connectivity index (χ1) is 9.95. The Morgan fingerprint density at radius 2 is 1.90 bits per heavy atom. The van der Waals surface area contributed by atoms with Crippen LogP contribution in [0.25, 0.3) is 0 Å². The van der Waals surface area contributed by atoms with Gasteiger partial charge in [-0.15, -0.1) is 0 Å². The molecule has 1 aromatic rings. The number of nitrogens with zero attached hydrogens (tertiary/aromatic N) is 1. The van der Waals surface area contributed by atoms with E-state index >= 15 is 0 Å². The minimum atomic E-state index is -3.42. The van der Waals surface area contributed by atoms with Crippen LogP contribution in [-0.2, 0) is 10.0 Å². The van der Waals surface area contributed by atoms with E-state index in [1.807, 2.05) is 13.8 Å².